The number of nitrogens with one attached hydrogen (secondary N) is 2. The van der Waals surface area contributed by atoms with Crippen molar-refractivity contribution in [3.63, 3.8) is 0 Å². The number of aliphatic imine (C=N–C) groups is 1. The highest BCUT2D eigenvalue weighted by Gasteiger charge is 1.99. The highest BCUT2D eigenvalue weighted by molar-refractivity contribution is 14.0. The van der Waals surface area contributed by atoms with Gasteiger partial charge in [0.25, 0.3) is 0 Å². The summed E-state index contributed by atoms with van der Waals surface area (Å²) in [6.07, 6.45) is 8.28. The molecule has 0 fully saturated rings. The van der Waals surface area contributed by atoms with Gasteiger partial charge in [-0.15, -0.1) is 24.0 Å². The van der Waals surface area contributed by atoms with Crippen LogP contribution in [0.3, 0.4) is 0 Å². The number of rotatable bonds is 8. The Kier molecular flexibility index (Phi) is 10.1. The molecule has 2 N–H and O–H groups in total. The van der Waals surface area contributed by atoms with E-state index in [4.69, 9.17) is 0 Å². The minimum absolute atomic E-state index is 0. The second-order valence-corrected chi connectivity index (χ2v) is 5.64. The highest BCUT2D eigenvalue weighted by Crippen LogP contribution is 2.01. The Hall–Kier alpha value is -1.57. The zero-order valence-electron chi connectivity index (χ0n) is 14.5. The molecule has 0 saturated carbocycles. The van der Waals surface area contributed by atoms with Crippen LogP contribution in [-0.4, -0.2) is 35.9 Å². The zero-order valence-corrected chi connectivity index (χ0v) is 16.9. The largest absolute Gasteiger partial charge is 0.356 e. The molecule has 2 aromatic rings. The Morgan fingerprint density at radius 1 is 1.04 bits per heavy atom. The van der Waals surface area contributed by atoms with Gasteiger partial charge < -0.3 is 10.6 Å². The molecular formula is C18H28IN5. The average molecular weight is 441 g/mol. The predicted molar refractivity (Wildman–Crippen MR) is 111 cm³/mol. The van der Waals surface area contributed by atoms with Crippen LogP contribution in [0.4, 0.5) is 0 Å². The number of hydrogen-bond acceptors (Lipinski definition) is 2. The van der Waals surface area contributed by atoms with Crippen LogP contribution in [0.25, 0.3) is 0 Å². The summed E-state index contributed by atoms with van der Waals surface area (Å²) >= 11 is 0. The average Bonchev–Trinajstić information content (AvgIpc) is 2.99. The number of aromatic nitrogens is 2. The summed E-state index contributed by atoms with van der Waals surface area (Å²) in [5.41, 5.74) is 2.66. The van der Waals surface area contributed by atoms with Crippen molar-refractivity contribution >= 4 is 29.9 Å². The zero-order chi connectivity index (χ0) is 16.3. The molecule has 0 bridgehead atoms. The van der Waals surface area contributed by atoms with E-state index in [1.165, 1.54) is 11.1 Å². The van der Waals surface area contributed by atoms with Crippen molar-refractivity contribution in [3.8, 4) is 0 Å². The fourth-order valence-corrected chi connectivity index (χ4v) is 2.46. The van der Waals surface area contributed by atoms with E-state index in [9.17, 15) is 0 Å². The molecule has 1 aromatic carbocycles. The van der Waals surface area contributed by atoms with Crippen molar-refractivity contribution < 1.29 is 0 Å². The minimum Gasteiger partial charge on any atom is -0.356 e. The molecule has 1 aromatic heterocycles. The summed E-state index contributed by atoms with van der Waals surface area (Å²) in [7, 11) is 3.76. The first-order chi connectivity index (χ1) is 11.3. The van der Waals surface area contributed by atoms with Crippen LogP contribution in [0, 0.1) is 0 Å². The lowest BCUT2D eigenvalue weighted by atomic mass is 10.1. The smallest absolute Gasteiger partial charge is 0.190 e. The maximum Gasteiger partial charge on any atom is 0.190 e. The van der Waals surface area contributed by atoms with Gasteiger partial charge in [0.1, 0.15) is 0 Å². The van der Waals surface area contributed by atoms with Crippen molar-refractivity contribution in [2.45, 2.75) is 25.7 Å². The van der Waals surface area contributed by atoms with Gasteiger partial charge in [-0.3, -0.25) is 9.67 Å². The molecule has 6 heteroatoms. The molecule has 0 aliphatic heterocycles. The number of benzene rings is 1. The summed E-state index contributed by atoms with van der Waals surface area (Å²) < 4.78 is 1.84. The van der Waals surface area contributed by atoms with Gasteiger partial charge in [-0.2, -0.15) is 5.10 Å². The van der Waals surface area contributed by atoms with E-state index in [1.54, 1.807) is 0 Å². The van der Waals surface area contributed by atoms with E-state index < -0.39 is 0 Å². The monoisotopic (exact) mass is 441 g/mol. The van der Waals surface area contributed by atoms with Crippen LogP contribution < -0.4 is 10.6 Å². The Bertz CT molecular complexity index is 594. The lowest BCUT2D eigenvalue weighted by Crippen LogP contribution is -2.38. The van der Waals surface area contributed by atoms with E-state index in [2.05, 4.69) is 57.3 Å². The van der Waals surface area contributed by atoms with Crippen LogP contribution >= 0.6 is 24.0 Å². The van der Waals surface area contributed by atoms with Gasteiger partial charge in [0.2, 0.25) is 0 Å². The van der Waals surface area contributed by atoms with Gasteiger partial charge in [0.05, 0.1) is 6.20 Å². The number of guanidine groups is 1. The third-order valence-electron chi connectivity index (χ3n) is 3.69. The second-order valence-electron chi connectivity index (χ2n) is 5.64. The van der Waals surface area contributed by atoms with Gasteiger partial charge in [-0.25, -0.2) is 0 Å². The summed E-state index contributed by atoms with van der Waals surface area (Å²) in [5.74, 6) is 0.879. The van der Waals surface area contributed by atoms with E-state index in [-0.39, 0.29) is 24.0 Å². The number of nitrogens with zero attached hydrogens (tertiary/aromatic N) is 3. The van der Waals surface area contributed by atoms with E-state index in [1.807, 2.05) is 25.0 Å². The highest BCUT2D eigenvalue weighted by atomic mass is 127. The Labute approximate surface area is 162 Å². The lowest BCUT2D eigenvalue weighted by molar-refractivity contribution is 0.717. The molecule has 0 amide bonds. The van der Waals surface area contributed by atoms with Gasteiger partial charge in [-0.05, 0) is 36.8 Å². The topological polar surface area (TPSA) is 54.2 Å². The number of aryl methyl sites for hydroxylation is 3. The lowest BCUT2D eigenvalue weighted by Gasteiger charge is -2.11. The van der Waals surface area contributed by atoms with Crippen molar-refractivity contribution in [3.05, 3.63) is 53.9 Å². The van der Waals surface area contributed by atoms with Crippen molar-refractivity contribution in [1.29, 1.82) is 0 Å². The van der Waals surface area contributed by atoms with Crippen LogP contribution in [0.2, 0.25) is 0 Å². The quantitative estimate of drug-likeness (QED) is 0.287. The molecule has 0 aliphatic carbocycles. The molecule has 2 rings (SSSR count). The first-order valence-electron chi connectivity index (χ1n) is 8.24. The van der Waals surface area contributed by atoms with Crippen molar-refractivity contribution in [2.24, 2.45) is 12.0 Å². The molecule has 0 radical (unpaired) electrons. The maximum atomic E-state index is 4.26. The van der Waals surface area contributed by atoms with Gasteiger partial charge in [0, 0.05) is 33.4 Å². The maximum absolute atomic E-state index is 4.26. The second kappa shape index (κ2) is 11.9. The van der Waals surface area contributed by atoms with Gasteiger partial charge in [0.15, 0.2) is 5.96 Å². The van der Waals surface area contributed by atoms with Crippen molar-refractivity contribution in [1.82, 2.24) is 20.4 Å². The van der Waals surface area contributed by atoms with Crippen molar-refractivity contribution in [2.75, 3.05) is 20.1 Å². The molecular weight excluding hydrogens is 413 g/mol. The van der Waals surface area contributed by atoms with E-state index >= 15 is 0 Å². The Morgan fingerprint density at radius 2 is 1.67 bits per heavy atom. The fourth-order valence-electron chi connectivity index (χ4n) is 2.46. The summed E-state index contributed by atoms with van der Waals surface area (Å²) in [6, 6.07) is 10.6. The molecule has 5 nitrogen and oxygen atoms in total. The summed E-state index contributed by atoms with van der Waals surface area (Å²) in [5, 5.41) is 10.9. The fraction of sp³-hybridized carbons (Fsp3) is 0.444. The molecule has 0 unspecified atom stereocenters. The first-order valence-corrected chi connectivity index (χ1v) is 8.24. The Balaban J connectivity index is 0.00000288. The van der Waals surface area contributed by atoms with E-state index in [0.717, 1.165) is 44.7 Å². The third-order valence-corrected chi connectivity index (χ3v) is 3.69. The molecule has 132 valence electrons. The molecule has 24 heavy (non-hydrogen) atoms. The van der Waals surface area contributed by atoms with Crippen LogP contribution in [0.1, 0.15) is 24.0 Å². The molecule has 1 heterocycles. The van der Waals surface area contributed by atoms with Crippen LogP contribution in [-0.2, 0) is 19.9 Å². The van der Waals surface area contributed by atoms with Gasteiger partial charge in [-0.1, -0.05) is 30.3 Å². The van der Waals surface area contributed by atoms with Crippen LogP contribution in [0.5, 0.6) is 0 Å². The number of halogens is 1. The van der Waals surface area contributed by atoms with Crippen LogP contribution in [0.15, 0.2) is 47.7 Å². The summed E-state index contributed by atoms with van der Waals surface area (Å²) in [4.78, 5) is 4.26. The predicted octanol–water partition coefficient (Wildman–Crippen LogP) is 2.77. The molecule has 0 spiro atoms. The van der Waals surface area contributed by atoms with E-state index in [0.29, 0.717) is 0 Å². The molecule has 0 atom stereocenters. The standard InChI is InChI=1S/C18H27N5.HI/c1-19-18(20-12-6-10-16-8-4-3-5-9-16)21-13-7-11-17-14-22-23(2)15-17;/h3-5,8-9,14-15H,6-7,10-13H2,1-2H3,(H2,19,20,21);1H. The Morgan fingerprint density at radius 3 is 2.21 bits per heavy atom. The summed E-state index contributed by atoms with van der Waals surface area (Å²) in [6.45, 7) is 1.84. The van der Waals surface area contributed by atoms with Gasteiger partial charge >= 0.3 is 0 Å². The SMILES string of the molecule is CN=C(NCCCc1ccccc1)NCCCc1cnn(C)c1.I. The number of hydrogen-bond donors (Lipinski definition) is 2. The normalized spacial score (nSPS) is 11.0. The first kappa shape index (κ1) is 20.5. The minimum atomic E-state index is 0. The molecule has 0 saturated heterocycles. The molecule has 0 aliphatic rings. The third kappa shape index (κ3) is 7.81.